The Morgan fingerprint density at radius 2 is 1.30 bits per heavy atom. The maximum absolute atomic E-state index is 14.9. The Kier molecular flexibility index (Phi) is 33.1. The predicted octanol–water partition coefficient (Wildman–Crippen LogP) is 2.18. The van der Waals surface area contributed by atoms with E-state index in [1.807, 2.05) is 32.0 Å². The standard InChI is InChI=1S/C71H106N10O17/c1-13-45(6)65(55(95-11)35-61(88)80-32-22-27-53(80)67(96-12)46(7)68(91)75-47(8)66(90)50-25-18-15-19-26-50)79(10)71(94)63(43(2)3)77-70(93)64(44(4)5)78(9)62(89)38-74-69(92)52(33-48-23-16-14-17-24-48)76-58(85)37-73-57(84)36-72-56(83)34-49-39-97-41-51(42-98-40-49)54(82)28-20-21-31-81-59(86)29-30-60(81)87/h14-19,23-26,29-30,43-47,49,51-53,55,63-67,90H,13,20-22,27-28,31-42H2,1-12H3,(H,72,83)(H,73,84)(H,74,92)(H,75,91)(H,76,85)(H,77,93)/t45-,46+,47+,49?,51?,52-,53+,55+,63-,64-,65-,66+,67+/m0/s1. The molecule has 3 aliphatic heterocycles. The van der Waals surface area contributed by atoms with Crippen LogP contribution in [0.5, 0.6) is 0 Å². The monoisotopic (exact) mass is 1370 g/mol. The molecule has 11 amide bonds. The SMILES string of the molecule is CC[C@H](C)[C@@H]([C@@H](CC(=O)N1CCC[C@@H]1[C@H](OC)[C@@H](C)C(=O)N[C@H](C)[C@@H](O)c1ccccc1)OC)N(C)C(=O)[C@@H](NC(=O)[C@H](C(C)C)N(C)C(=O)CNC(=O)[C@H](Cc1ccccc1)NC(=O)CNC(=O)CNC(=O)CC1COCC(C(=O)CCCCN2C(=O)C=CC2=O)COC1)C(C)C. The molecule has 7 N–H and O–H groups in total. The number of carbonyl (C=O) groups excluding carboxylic acids is 12. The van der Waals surface area contributed by atoms with Crippen molar-refractivity contribution in [2.45, 2.75) is 168 Å². The van der Waals surface area contributed by atoms with Gasteiger partial charge in [0.25, 0.3) is 11.8 Å². The van der Waals surface area contributed by atoms with E-state index in [4.69, 9.17) is 18.9 Å². The van der Waals surface area contributed by atoms with Crippen LogP contribution < -0.4 is 31.9 Å². The minimum absolute atomic E-state index is 0.00337. The van der Waals surface area contributed by atoms with Crippen LogP contribution in [0.3, 0.4) is 0 Å². The van der Waals surface area contributed by atoms with Crippen LogP contribution in [0, 0.1) is 35.5 Å². The summed E-state index contributed by atoms with van der Waals surface area (Å²) in [6.45, 7) is 13.9. The molecule has 542 valence electrons. The Morgan fingerprint density at radius 3 is 1.89 bits per heavy atom. The fourth-order valence-corrected chi connectivity index (χ4v) is 12.8. The van der Waals surface area contributed by atoms with Crippen LogP contribution >= 0.6 is 0 Å². The molecule has 0 bridgehead atoms. The van der Waals surface area contributed by atoms with E-state index in [9.17, 15) is 62.6 Å². The lowest BCUT2D eigenvalue weighted by molar-refractivity contribution is -0.148. The maximum atomic E-state index is 14.9. The Balaban J connectivity index is 1.12. The first-order chi connectivity index (χ1) is 46.6. The normalized spacial score (nSPS) is 19.5. The fraction of sp³-hybridized carbons (Fsp3) is 0.634. The quantitative estimate of drug-likeness (QED) is 0.0374. The van der Waals surface area contributed by atoms with Gasteiger partial charge < -0.3 is 70.7 Å². The minimum atomic E-state index is -1.23. The first-order valence-electron chi connectivity index (χ1n) is 34.2. The second kappa shape index (κ2) is 40.2. The van der Waals surface area contributed by atoms with Gasteiger partial charge in [-0.3, -0.25) is 62.4 Å². The van der Waals surface area contributed by atoms with E-state index in [1.165, 1.54) is 43.2 Å². The number of likely N-dealkylation sites (tertiary alicyclic amines) is 1. The molecule has 0 unspecified atom stereocenters. The molecule has 98 heavy (non-hydrogen) atoms. The molecule has 11 atom stereocenters. The number of likely N-dealkylation sites (N-methyl/N-ethyl adjacent to an activating group) is 2. The van der Waals surface area contributed by atoms with E-state index in [0.717, 1.165) is 4.90 Å². The number of unbranched alkanes of at least 4 members (excludes halogenated alkanes) is 1. The number of benzene rings is 2. The molecule has 2 aromatic rings. The first kappa shape index (κ1) is 80.7. The number of aliphatic hydroxyl groups is 1. The number of hydrogen-bond acceptors (Lipinski definition) is 17. The van der Waals surface area contributed by atoms with Crippen LogP contribution in [0.2, 0.25) is 0 Å². The van der Waals surface area contributed by atoms with Gasteiger partial charge in [-0.1, -0.05) is 116 Å². The number of hydrogen-bond donors (Lipinski definition) is 7. The summed E-state index contributed by atoms with van der Waals surface area (Å²) in [7, 11) is 6.03. The van der Waals surface area contributed by atoms with Crippen molar-refractivity contribution >= 4 is 70.8 Å². The summed E-state index contributed by atoms with van der Waals surface area (Å²) >= 11 is 0. The van der Waals surface area contributed by atoms with Crippen LogP contribution in [0.25, 0.3) is 0 Å². The lowest BCUT2D eigenvalue weighted by Crippen LogP contribution is -2.61. The number of nitrogens with zero attached hydrogens (tertiary/aromatic N) is 4. The van der Waals surface area contributed by atoms with Crippen LogP contribution in [0.15, 0.2) is 72.8 Å². The number of carbonyl (C=O) groups is 12. The van der Waals surface area contributed by atoms with Crippen molar-refractivity contribution in [3.05, 3.63) is 83.9 Å². The summed E-state index contributed by atoms with van der Waals surface area (Å²) < 4.78 is 23.6. The van der Waals surface area contributed by atoms with Crippen LogP contribution in [0.1, 0.15) is 124 Å². The molecule has 0 spiro atoms. The molecule has 2 aromatic carbocycles. The van der Waals surface area contributed by atoms with Gasteiger partial charge in [-0.15, -0.1) is 0 Å². The van der Waals surface area contributed by atoms with E-state index in [2.05, 4.69) is 31.9 Å². The average molecular weight is 1370 g/mol. The minimum Gasteiger partial charge on any atom is -0.386 e. The molecule has 0 aliphatic carbocycles. The molecule has 2 saturated heterocycles. The van der Waals surface area contributed by atoms with Crippen molar-refractivity contribution < 1.29 is 81.6 Å². The van der Waals surface area contributed by atoms with Gasteiger partial charge >= 0.3 is 0 Å². The summed E-state index contributed by atoms with van der Waals surface area (Å²) in [6, 6.07) is 12.6. The summed E-state index contributed by atoms with van der Waals surface area (Å²) in [5, 5.41) is 27.0. The van der Waals surface area contributed by atoms with Gasteiger partial charge in [-0.05, 0) is 61.5 Å². The smallest absolute Gasteiger partial charge is 0.253 e. The number of aliphatic hydroxyl groups excluding tert-OH is 1. The van der Waals surface area contributed by atoms with Gasteiger partial charge in [-0.25, -0.2) is 0 Å². The molecule has 0 saturated carbocycles. The summed E-state index contributed by atoms with van der Waals surface area (Å²) in [5.74, 6) is -8.53. The number of imide groups is 1. The van der Waals surface area contributed by atoms with E-state index < -0.39 is 139 Å². The summed E-state index contributed by atoms with van der Waals surface area (Å²) in [6.07, 6.45) is 2.87. The second-order valence-electron chi connectivity index (χ2n) is 26.7. The summed E-state index contributed by atoms with van der Waals surface area (Å²) in [5.41, 5.74) is 1.33. The highest BCUT2D eigenvalue weighted by atomic mass is 16.5. The van der Waals surface area contributed by atoms with Gasteiger partial charge in [0.2, 0.25) is 53.2 Å². The zero-order valence-corrected chi connectivity index (χ0v) is 59.1. The maximum Gasteiger partial charge on any atom is 0.253 e. The number of amides is 11. The molecule has 27 nitrogen and oxygen atoms in total. The zero-order valence-electron chi connectivity index (χ0n) is 59.1. The van der Waals surface area contributed by atoms with Gasteiger partial charge in [-0.2, -0.15) is 0 Å². The van der Waals surface area contributed by atoms with E-state index in [-0.39, 0.29) is 99.9 Å². The highest BCUT2D eigenvalue weighted by Gasteiger charge is 2.44. The Bertz CT molecular complexity index is 3020. The molecular formula is C71H106N10O17. The molecule has 0 radical (unpaired) electrons. The predicted molar refractivity (Wildman–Crippen MR) is 362 cm³/mol. The number of ketones is 1. The fourth-order valence-electron chi connectivity index (χ4n) is 12.8. The van der Waals surface area contributed by atoms with Crippen molar-refractivity contribution in [1.29, 1.82) is 0 Å². The van der Waals surface area contributed by atoms with Crippen LogP contribution in [-0.2, 0) is 82.9 Å². The molecular weight excluding hydrogens is 1260 g/mol. The third-order valence-electron chi connectivity index (χ3n) is 18.7. The van der Waals surface area contributed by atoms with Crippen LogP contribution in [-0.4, -0.2) is 231 Å². The number of rotatable bonds is 38. The van der Waals surface area contributed by atoms with E-state index in [1.54, 1.807) is 96.0 Å². The third-order valence-corrected chi connectivity index (χ3v) is 18.7. The molecule has 3 aliphatic rings. The Labute approximate surface area is 576 Å². The largest absolute Gasteiger partial charge is 0.386 e. The Morgan fingerprint density at radius 1 is 0.684 bits per heavy atom. The molecule has 2 fully saturated rings. The first-order valence-corrected chi connectivity index (χ1v) is 34.2. The number of ether oxygens (including phenoxy) is 4. The molecule has 0 aromatic heterocycles. The zero-order chi connectivity index (χ0) is 72.3. The number of nitrogens with one attached hydrogen (secondary N) is 6. The molecule has 3 heterocycles. The molecule has 5 rings (SSSR count). The average Bonchev–Trinajstić information content (AvgIpc) is 1.41. The topological polar surface area (TPSA) is 347 Å². The van der Waals surface area contributed by atoms with Crippen molar-refractivity contribution in [2.24, 2.45) is 35.5 Å². The Hall–Kier alpha value is -7.98. The second-order valence-corrected chi connectivity index (χ2v) is 26.7. The highest BCUT2D eigenvalue weighted by Crippen LogP contribution is 2.31. The number of Topliss-reactive ketones (excluding diaryl/α,β-unsaturated/α-hetero) is 1. The lowest BCUT2D eigenvalue weighted by Gasteiger charge is -2.41. The van der Waals surface area contributed by atoms with E-state index in [0.29, 0.717) is 49.8 Å². The van der Waals surface area contributed by atoms with Crippen molar-refractivity contribution in [1.82, 2.24) is 51.5 Å². The lowest BCUT2D eigenvalue weighted by atomic mass is 9.89. The third kappa shape index (κ3) is 23.9. The highest BCUT2D eigenvalue weighted by molar-refractivity contribution is 6.12. The van der Waals surface area contributed by atoms with Gasteiger partial charge in [0.05, 0.1) is 101 Å². The number of methoxy groups -OCH3 is 2. The van der Waals surface area contributed by atoms with Gasteiger partial charge in [0.15, 0.2) is 0 Å². The molecule has 27 heteroatoms. The van der Waals surface area contributed by atoms with Crippen molar-refractivity contribution in [2.75, 3.05) is 87.5 Å². The van der Waals surface area contributed by atoms with Gasteiger partial charge in [0, 0.05) is 78.7 Å². The van der Waals surface area contributed by atoms with Gasteiger partial charge in [0.1, 0.15) is 23.9 Å². The van der Waals surface area contributed by atoms with Crippen molar-refractivity contribution in [3.8, 4) is 0 Å². The van der Waals surface area contributed by atoms with E-state index >= 15 is 0 Å². The summed E-state index contributed by atoms with van der Waals surface area (Å²) in [4.78, 5) is 167. The van der Waals surface area contributed by atoms with Crippen molar-refractivity contribution in [3.63, 3.8) is 0 Å². The van der Waals surface area contributed by atoms with Crippen LogP contribution in [0.4, 0.5) is 0 Å².